The van der Waals surface area contributed by atoms with Gasteiger partial charge in [0.2, 0.25) is 5.91 Å². The molecule has 2 aromatic rings. The van der Waals surface area contributed by atoms with Gasteiger partial charge >= 0.3 is 0 Å². The van der Waals surface area contributed by atoms with E-state index in [0.717, 1.165) is 24.6 Å². The molecule has 0 bridgehead atoms. The molecule has 6 heteroatoms. The summed E-state index contributed by atoms with van der Waals surface area (Å²) in [5.74, 6) is 0.954. The molecule has 0 radical (unpaired) electrons. The van der Waals surface area contributed by atoms with Crippen LogP contribution in [-0.4, -0.2) is 57.0 Å². The van der Waals surface area contributed by atoms with Gasteiger partial charge in [-0.25, -0.2) is 0 Å². The molecule has 0 saturated carbocycles. The number of carbonyl (C=O) groups is 1. The zero-order chi connectivity index (χ0) is 20.6. The van der Waals surface area contributed by atoms with Crippen molar-refractivity contribution in [1.82, 2.24) is 15.5 Å². The summed E-state index contributed by atoms with van der Waals surface area (Å²) in [7, 11) is 5.98. The first kappa shape index (κ1) is 20.9. The fourth-order valence-electron chi connectivity index (χ4n) is 3.66. The number of guanidine groups is 1. The lowest BCUT2D eigenvalue weighted by molar-refractivity contribution is -0.116. The lowest BCUT2D eigenvalue weighted by Crippen LogP contribution is -2.47. The highest BCUT2D eigenvalue weighted by atomic mass is 16.1. The van der Waals surface area contributed by atoms with E-state index in [-0.39, 0.29) is 11.8 Å². The number of anilines is 1. The lowest BCUT2D eigenvalue weighted by atomic mass is 9.90. The molecule has 1 heterocycles. The van der Waals surface area contributed by atoms with Gasteiger partial charge < -0.3 is 20.9 Å². The minimum Gasteiger partial charge on any atom is -0.356 e. The number of rotatable bonds is 7. The minimum atomic E-state index is 0.0639. The summed E-state index contributed by atoms with van der Waals surface area (Å²) in [5.41, 5.74) is 3.40. The molecule has 1 aliphatic heterocycles. The van der Waals surface area contributed by atoms with Crippen molar-refractivity contribution in [3.05, 3.63) is 65.7 Å². The number of benzene rings is 2. The second kappa shape index (κ2) is 10.1. The molecule has 0 fully saturated rings. The maximum atomic E-state index is 12.0. The quantitative estimate of drug-likeness (QED) is 0.499. The van der Waals surface area contributed by atoms with Crippen LogP contribution >= 0.6 is 0 Å². The summed E-state index contributed by atoms with van der Waals surface area (Å²) >= 11 is 0. The molecule has 0 spiro atoms. The summed E-state index contributed by atoms with van der Waals surface area (Å²) in [6.45, 7) is 1.44. The molecule has 154 valence electrons. The Kier molecular flexibility index (Phi) is 7.25. The number of nitrogens with zero attached hydrogens (tertiary/aromatic N) is 2. The number of fused-ring (bicyclic) bond motifs is 1. The van der Waals surface area contributed by atoms with Crippen molar-refractivity contribution in [3.63, 3.8) is 0 Å². The predicted octanol–water partition coefficient (Wildman–Crippen LogP) is 2.45. The number of amides is 1. The molecule has 2 unspecified atom stereocenters. The molecule has 0 aliphatic carbocycles. The molecule has 3 rings (SSSR count). The molecule has 6 nitrogen and oxygen atoms in total. The van der Waals surface area contributed by atoms with Crippen LogP contribution in [0.1, 0.15) is 23.5 Å². The molecular formula is C23H31N5O. The molecular weight excluding hydrogens is 362 g/mol. The monoisotopic (exact) mass is 393 g/mol. The standard InChI is InChI=1S/C23H31N5O/c1-24-23(26-16-19(28(2)3)13-17-9-5-4-6-10-17)25-15-18-14-22(29)27-21-12-8-7-11-20(18)21/h4-12,18-19H,13-16H2,1-3H3,(H,27,29)(H2,24,25,26). The molecule has 2 aromatic carbocycles. The number of para-hydroxylation sites is 1. The van der Waals surface area contributed by atoms with Crippen molar-refractivity contribution in [2.24, 2.45) is 4.99 Å². The minimum absolute atomic E-state index is 0.0639. The van der Waals surface area contributed by atoms with Gasteiger partial charge in [0.1, 0.15) is 0 Å². The second-order valence-corrected chi connectivity index (χ2v) is 7.68. The van der Waals surface area contributed by atoms with Crippen LogP contribution in [0.4, 0.5) is 5.69 Å². The van der Waals surface area contributed by atoms with Gasteiger partial charge in [-0.05, 0) is 37.7 Å². The normalized spacial score (nSPS) is 17.4. The van der Waals surface area contributed by atoms with E-state index in [1.54, 1.807) is 7.05 Å². The third kappa shape index (κ3) is 5.81. The molecule has 0 aromatic heterocycles. The van der Waals surface area contributed by atoms with E-state index in [1.807, 2.05) is 24.3 Å². The van der Waals surface area contributed by atoms with Gasteiger partial charge in [0.05, 0.1) is 0 Å². The van der Waals surface area contributed by atoms with Crippen LogP contribution in [0.15, 0.2) is 59.6 Å². The predicted molar refractivity (Wildman–Crippen MR) is 119 cm³/mol. The van der Waals surface area contributed by atoms with Crippen LogP contribution in [0.3, 0.4) is 0 Å². The molecule has 0 saturated heterocycles. The maximum Gasteiger partial charge on any atom is 0.225 e. The highest BCUT2D eigenvalue weighted by molar-refractivity contribution is 5.94. The first-order valence-electron chi connectivity index (χ1n) is 10.1. The Balaban J connectivity index is 1.56. The smallest absolute Gasteiger partial charge is 0.225 e. The summed E-state index contributed by atoms with van der Waals surface area (Å²) in [6, 6.07) is 18.9. The van der Waals surface area contributed by atoms with Gasteiger partial charge in [-0.15, -0.1) is 0 Å². The second-order valence-electron chi connectivity index (χ2n) is 7.68. The lowest BCUT2D eigenvalue weighted by Gasteiger charge is -2.28. The molecule has 3 N–H and O–H groups in total. The summed E-state index contributed by atoms with van der Waals surface area (Å²) in [4.78, 5) is 18.6. The van der Waals surface area contributed by atoms with Gasteiger partial charge in [0, 0.05) is 44.2 Å². The Hall–Kier alpha value is -2.86. The number of likely N-dealkylation sites (N-methyl/N-ethyl adjacent to an activating group) is 1. The van der Waals surface area contributed by atoms with Crippen molar-refractivity contribution < 1.29 is 4.79 Å². The van der Waals surface area contributed by atoms with Crippen LogP contribution in [0.2, 0.25) is 0 Å². The number of hydrogen-bond acceptors (Lipinski definition) is 3. The van der Waals surface area contributed by atoms with Crippen LogP contribution in [0.25, 0.3) is 0 Å². The fourth-order valence-corrected chi connectivity index (χ4v) is 3.66. The molecule has 1 amide bonds. The fraction of sp³-hybridized carbons (Fsp3) is 0.391. The highest BCUT2D eigenvalue weighted by Gasteiger charge is 2.24. The zero-order valence-corrected chi connectivity index (χ0v) is 17.5. The van der Waals surface area contributed by atoms with Gasteiger partial charge in [-0.2, -0.15) is 0 Å². The average Bonchev–Trinajstić information content (AvgIpc) is 2.73. The zero-order valence-electron chi connectivity index (χ0n) is 17.5. The van der Waals surface area contributed by atoms with E-state index in [9.17, 15) is 4.79 Å². The van der Waals surface area contributed by atoms with Crippen LogP contribution in [0.5, 0.6) is 0 Å². The topological polar surface area (TPSA) is 68.8 Å². The van der Waals surface area contributed by atoms with Crippen LogP contribution in [0, 0.1) is 0 Å². The molecule has 2 atom stereocenters. The van der Waals surface area contributed by atoms with E-state index in [0.29, 0.717) is 19.0 Å². The Morgan fingerprint density at radius 2 is 1.86 bits per heavy atom. The highest BCUT2D eigenvalue weighted by Crippen LogP contribution is 2.31. The van der Waals surface area contributed by atoms with Gasteiger partial charge in [-0.1, -0.05) is 48.5 Å². The largest absolute Gasteiger partial charge is 0.356 e. The van der Waals surface area contributed by atoms with Crippen molar-refractivity contribution in [1.29, 1.82) is 0 Å². The average molecular weight is 394 g/mol. The first-order chi connectivity index (χ1) is 14.1. The Bertz CT molecular complexity index is 834. The Morgan fingerprint density at radius 3 is 2.59 bits per heavy atom. The van der Waals surface area contributed by atoms with Crippen molar-refractivity contribution in [2.45, 2.75) is 24.8 Å². The van der Waals surface area contributed by atoms with E-state index in [4.69, 9.17) is 0 Å². The first-order valence-corrected chi connectivity index (χ1v) is 10.1. The van der Waals surface area contributed by atoms with Crippen LogP contribution in [-0.2, 0) is 11.2 Å². The van der Waals surface area contributed by atoms with Gasteiger partial charge in [0.15, 0.2) is 5.96 Å². The number of carbonyl (C=O) groups excluding carboxylic acids is 1. The molecule has 1 aliphatic rings. The Morgan fingerprint density at radius 1 is 1.14 bits per heavy atom. The van der Waals surface area contributed by atoms with Gasteiger partial charge in [-0.3, -0.25) is 9.79 Å². The SMILES string of the molecule is CN=C(NCC1CC(=O)Nc2ccccc21)NCC(Cc1ccccc1)N(C)C. The van der Waals surface area contributed by atoms with E-state index in [2.05, 4.69) is 70.3 Å². The van der Waals surface area contributed by atoms with Crippen LogP contribution < -0.4 is 16.0 Å². The van der Waals surface area contributed by atoms with E-state index < -0.39 is 0 Å². The number of aliphatic imine (C=N–C) groups is 1. The maximum absolute atomic E-state index is 12.0. The summed E-state index contributed by atoms with van der Waals surface area (Å²) in [6.07, 6.45) is 1.45. The summed E-state index contributed by atoms with van der Waals surface area (Å²) < 4.78 is 0. The third-order valence-corrected chi connectivity index (χ3v) is 5.40. The summed E-state index contributed by atoms with van der Waals surface area (Å²) in [5, 5.41) is 9.79. The molecule has 29 heavy (non-hydrogen) atoms. The number of nitrogens with one attached hydrogen (secondary N) is 3. The van der Waals surface area contributed by atoms with Crippen molar-refractivity contribution in [3.8, 4) is 0 Å². The van der Waals surface area contributed by atoms with E-state index >= 15 is 0 Å². The Labute approximate surface area is 173 Å². The van der Waals surface area contributed by atoms with Crippen molar-refractivity contribution in [2.75, 3.05) is 39.5 Å². The third-order valence-electron chi connectivity index (χ3n) is 5.40. The van der Waals surface area contributed by atoms with Gasteiger partial charge in [0.25, 0.3) is 0 Å². The van der Waals surface area contributed by atoms with Crippen molar-refractivity contribution >= 4 is 17.6 Å². The van der Waals surface area contributed by atoms with E-state index in [1.165, 1.54) is 11.1 Å². The number of hydrogen-bond donors (Lipinski definition) is 3.